The Hall–Kier alpha value is -2.86. The van der Waals surface area contributed by atoms with Crippen LogP contribution in [0.15, 0.2) is 68.1 Å². The zero-order valence-corrected chi connectivity index (χ0v) is 17.1. The number of furan rings is 1. The molecule has 0 spiro atoms. The number of hydrogen-bond acceptors (Lipinski definition) is 4. The average Bonchev–Trinajstić information content (AvgIpc) is 3.33. The van der Waals surface area contributed by atoms with Crippen molar-refractivity contribution in [1.29, 1.82) is 0 Å². The highest BCUT2D eigenvalue weighted by Crippen LogP contribution is 2.28. The molecule has 0 saturated heterocycles. The van der Waals surface area contributed by atoms with Crippen LogP contribution in [0.4, 0.5) is 5.69 Å². The van der Waals surface area contributed by atoms with Gasteiger partial charge in [-0.1, -0.05) is 19.9 Å². The molecule has 0 bridgehead atoms. The van der Waals surface area contributed by atoms with Crippen molar-refractivity contribution in [3.05, 3.63) is 70.6 Å². The Balaban J connectivity index is 1.54. The summed E-state index contributed by atoms with van der Waals surface area (Å²) < 4.78 is 11.7. The number of carbonyl (C=O) groups is 1. The van der Waals surface area contributed by atoms with Gasteiger partial charge < -0.3 is 14.2 Å². The molecule has 1 atom stereocenters. The molecule has 0 aliphatic rings. The minimum atomic E-state index is -0.308. The van der Waals surface area contributed by atoms with Gasteiger partial charge in [-0.05, 0) is 82.4 Å². The van der Waals surface area contributed by atoms with E-state index in [0.717, 1.165) is 23.1 Å². The zero-order chi connectivity index (χ0) is 19.7. The van der Waals surface area contributed by atoms with Crippen molar-refractivity contribution in [3.8, 4) is 11.5 Å². The molecule has 0 aliphatic heterocycles. The van der Waals surface area contributed by atoms with E-state index in [4.69, 9.17) is 8.83 Å². The van der Waals surface area contributed by atoms with Gasteiger partial charge in [0, 0.05) is 11.3 Å². The second-order valence-electron chi connectivity index (χ2n) is 6.69. The summed E-state index contributed by atoms with van der Waals surface area (Å²) in [5, 5.41) is 2.80. The molecule has 2 heterocycles. The maximum atomic E-state index is 12.2. The van der Waals surface area contributed by atoms with Crippen molar-refractivity contribution in [2.45, 2.75) is 26.2 Å². The second kappa shape index (κ2) is 7.64. The van der Waals surface area contributed by atoms with Crippen LogP contribution in [0.1, 0.15) is 42.3 Å². The number of benzene rings is 2. The molecular weight excluding hydrogens is 420 g/mol. The van der Waals surface area contributed by atoms with Crippen LogP contribution in [-0.2, 0) is 0 Å². The van der Waals surface area contributed by atoms with E-state index in [-0.39, 0.29) is 11.7 Å². The highest BCUT2D eigenvalue weighted by molar-refractivity contribution is 9.10. The fourth-order valence-corrected chi connectivity index (χ4v) is 3.24. The number of fused-ring (bicyclic) bond motifs is 1. The monoisotopic (exact) mass is 438 g/mol. The van der Waals surface area contributed by atoms with E-state index in [0.29, 0.717) is 22.2 Å². The molecule has 0 radical (unpaired) electrons. The highest BCUT2D eigenvalue weighted by Gasteiger charge is 2.13. The van der Waals surface area contributed by atoms with E-state index < -0.39 is 0 Å². The molecule has 5 nitrogen and oxygen atoms in total. The highest BCUT2D eigenvalue weighted by atomic mass is 79.9. The summed E-state index contributed by atoms with van der Waals surface area (Å²) in [6.45, 7) is 4.38. The van der Waals surface area contributed by atoms with Gasteiger partial charge in [-0.3, -0.25) is 4.79 Å². The lowest BCUT2D eigenvalue weighted by Crippen LogP contribution is -2.10. The Morgan fingerprint density at radius 2 is 1.89 bits per heavy atom. The molecule has 2 aromatic carbocycles. The van der Waals surface area contributed by atoms with Crippen LogP contribution in [0.3, 0.4) is 0 Å². The van der Waals surface area contributed by atoms with Crippen LogP contribution >= 0.6 is 15.9 Å². The Morgan fingerprint density at radius 1 is 1.11 bits per heavy atom. The van der Waals surface area contributed by atoms with Crippen LogP contribution in [0.2, 0.25) is 0 Å². The average molecular weight is 439 g/mol. The smallest absolute Gasteiger partial charge is 0.291 e. The van der Waals surface area contributed by atoms with Gasteiger partial charge in [0.15, 0.2) is 16.0 Å². The van der Waals surface area contributed by atoms with Crippen molar-refractivity contribution in [1.82, 2.24) is 4.98 Å². The Bertz CT molecular complexity index is 1130. The van der Waals surface area contributed by atoms with Crippen molar-refractivity contribution in [2.24, 2.45) is 0 Å². The van der Waals surface area contributed by atoms with Crippen molar-refractivity contribution in [2.75, 3.05) is 5.32 Å². The summed E-state index contributed by atoms with van der Waals surface area (Å²) in [6, 6.07) is 16.8. The molecule has 6 heteroatoms. The molecule has 28 heavy (non-hydrogen) atoms. The number of rotatable bonds is 5. The predicted octanol–water partition coefficient (Wildman–Crippen LogP) is 6.62. The first kappa shape index (κ1) is 18.5. The summed E-state index contributed by atoms with van der Waals surface area (Å²) in [6.07, 6.45) is 1.08. The van der Waals surface area contributed by atoms with Gasteiger partial charge in [0.1, 0.15) is 5.52 Å². The number of amides is 1. The lowest BCUT2D eigenvalue weighted by molar-refractivity contribution is 0.0995. The standard InChI is InChI=1S/C22H19BrN2O3/c1-3-13(2)15-6-9-18-17(12-15)25-22(28-18)14-4-7-16(8-5-14)24-21(26)19-10-11-20(23)27-19/h4-13H,3H2,1-2H3,(H,24,26)/t13-/m1/s1. The number of nitrogens with zero attached hydrogens (tertiary/aromatic N) is 1. The number of hydrogen-bond donors (Lipinski definition) is 1. The molecule has 0 saturated carbocycles. The van der Waals surface area contributed by atoms with Crippen LogP contribution in [0, 0.1) is 0 Å². The topological polar surface area (TPSA) is 68.3 Å². The first-order valence-electron chi connectivity index (χ1n) is 9.11. The van der Waals surface area contributed by atoms with Gasteiger partial charge in [0.25, 0.3) is 5.91 Å². The fraction of sp³-hybridized carbons (Fsp3) is 0.182. The van der Waals surface area contributed by atoms with E-state index >= 15 is 0 Å². The van der Waals surface area contributed by atoms with E-state index in [1.165, 1.54) is 5.56 Å². The van der Waals surface area contributed by atoms with Crippen molar-refractivity contribution in [3.63, 3.8) is 0 Å². The molecule has 0 unspecified atom stereocenters. The molecule has 4 rings (SSSR count). The van der Waals surface area contributed by atoms with Crippen LogP contribution in [0.5, 0.6) is 0 Å². The van der Waals surface area contributed by atoms with Crippen LogP contribution in [-0.4, -0.2) is 10.9 Å². The van der Waals surface area contributed by atoms with Gasteiger partial charge in [-0.2, -0.15) is 0 Å². The third kappa shape index (κ3) is 3.73. The number of nitrogens with one attached hydrogen (secondary N) is 1. The van der Waals surface area contributed by atoms with E-state index in [1.807, 2.05) is 30.3 Å². The molecule has 0 fully saturated rings. The lowest BCUT2D eigenvalue weighted by Gasteiger charge is -2.07. The lowest BCUT2D eigenvalue weighted by atomic mass is 9.98. The van der Waals surface area contributed by atoms with E-state index in [9.17, 15) is 4.79 Å². The van der Waals surface area contributed by atoms with Gasteiger partial charge >= 0.3 is 0 Å². The third-order valence-electron chi connectivity index (χ3n) is 4.78. The molecule has 2 aromatic heterocycles. The Labute approximate surface area is 170 Å². The number of anilines is 1. The van der Waals surface area contributed by atoms with Gasteiger partial charge in [0.2, 0.25) is 5.89 Å². The molecule has 4 aromatic rings. The van der Waals surface area contributed by atoms with Crippen molar-refractivity contribution < 1.29 is 13.6 Å². The minimum Gasteiger partial charge on any atom is -0.444 e. The molecule has 142 valence electrons. The summed E-state index contributed by atoms with van der Waals surface area (Å²) in [4.78, 5) is 16.8. The molecule has 1 amide bonds. The maximum absolute atomic E-state index is 12.2. The van der Waals surface area contributed by atoms with Crippen LogP contribution < -0.4 is 5.32 Å². The Morgan fingerprint density at radius 3 is 2.57 bits per heavy atom. The normalized spacial score (nSPS) is 12.2. The zero-order valence-electron chi connectivity index (χ0n) is 15.5. The summed E-state index contributed by atoms with van der Waals surface area (Å²) in [5.41, 5.74) is 4.39. The largest absolute Gasteiger partial charge is 0.444 e. The summed E-state index contributed by atoms with van der Waals surface area (Å²) in [7, 11) is 0. The number of halogens is 1. The minimum absolute atomic E-state index is 0.243. The number of oxazole rings is 1. The first-order chi connectivity index (χ1) is 13.5. The summed E-state index contributed by atoms with van der Waals surface area (Å²) in [5.74, 6) is 0.983. The molecular formula is C22H19BrN2O3. The van der Waals surface area contributed by atoms with Crippen molar-refractivity contribution >= 4 is 38.6 Å². The Kier molecular flexibility index (Phi) is 5.05. The second-order valence-corrected chi connectivity index (χ2v) is 7.47. The predicted molar refractivity (Wildman–Crippen MR) is 113 cm³/mol. The first-order valence-corrected chi connectivity index (χ1v) is 9.90. The fourth-order valence-electron chi connectivity index (χ4n) is 2.94. The van der Waals surface area contributed by atoms with Crippen LogP contribution in [0.25, 0.3) is 22.6 Å². The third-order valence-corrected chi connectivity index (χ3v) is 5.21. The maximum Gasteiger partial charge on any atom is 0.291 e. The number of aromatic nitrogens is 1. The quantitative estimate of drug-likeness (QED) is 0.380. The molecule has 0 aliphatic carbocycles. The summed E-state index contributed by atoms with van der Waals surface area (Å²) >= 11 is 3.19. The van der Waals surface area contributed by atoms with Gasteiger partial charge in [-0.25, -0.2) is 4.98 Å². The van der Waals surface area contributed by atoms with Gasteiger partial charge in [0.05, 0.1) is 0 Å². The SMILES string of the molecule is CC[C@@H](C)c1ccc2oc(-c3ccc(NC(=O)c4ccc(Br)o4)cc3)nc2c1. The van der Waals surface area contributed by atoms with Gasteiger partial charge in [-0.15, -0.1) is 0 Å². The van der Waals surface area contributed by atoms with E-state index in [1.54, 1.807) is 12.1 Å². The van der Waals surface area contributed by atoms with E-state index in [2.05, 4.69) is 52.2 Å². The molecule has 1 N–H and O–H groups in total. The number of carbonyl (C=O) groups excluding carboxylic acids is 1.